The summed E-state index contributed by atoms with van der Waals surface area (Å²) in [5.41, 5.74) is -0.820. The Morgan fingerprint density at radius 3 is 2.30 bits per heavy atom. The molecule has 1 atom stereocenters. The van der Waals surface area contributed by atoms with Crippen LogP contribution in [0.4, 0.5) is 0 Å². The number of carbonyl (C=O) groups is 2. The molecule has 20 heavy (non-hydrogen) atoms. The van der Waals surface area contributed by atoms with E-state index in [1.807, 2.05) is 6.92 Å². The Hall–Kier alpha value is -1.06. The van der Waals surface area contributed by atoms with E-state index in [1.54, 1.807) is 0 Å². The molecule has 0 saturated heterocycles. The topological polar surface area (TPSA) is 66.4 Å². The van der Waals surface area contributed by atoms with Gasteiger partial charge >= 0.3 is 5.97 Å². The Bertz CT molecular complexity index is 355. The minimum absolute atomic E-state index is 0.0811. The van der Waals surface area contributed by atoms with Gasteiger partial charge in [-0.3, -0.25) is 9.59 Å². The average molecular weight is 281 g/mol. The van der Waals surface area contributed by atoms with Crippen LogP contribution in [0.25, 0.3) is 0 Å². The lowest BCUT2D eigenvalue weighted by Crippen LogP contribution is -2.40. The van der Waals surface area contributed by atoms with Crippen molar-refractivity contribution in [2.75, 3.05) is 0 Å². The highest BCUT2D eigenvalue weighted by Crippen LogP contribution is 2.38. The highest BCUT2D eigenvalue weighted by Gasteiger charge is 2.40. The average Bonchev–Trinajstić information content (AvgIpc) is 3.16. The summed E-state index contributed by atoms with van der Waals surface area (Å²) >= 11 is 0. The molecule has 0 aromatic heterocycles. The first-order valence-corrected chi connectivity index (χ1v) is 8.05. The second kappa shape index (κ2) is 6.59. The molecule has 2 aliphatic rings. The fourth-order valence-electron chi connectivity index (χ4n) is 3.42. The third kappa shape index (κ3) is 4.22. The fraction of sp³-hybridized carbons (Fsp3) is 0.875. The minimum Gasteiger partial charge on any atom is -0.481 e. The molecule has 1 unspecified atom stereocenters. The molecule has 4 nitrogen and oxygen atoms in total. The second-order valence-electron chi connectivity index (χ2n) is 6.82. The summed E-state index contributed by atoms with van der Waals surface area (Å²) in [6, 6.07) is 0.173. The molecule has 0 aliphatic heterocycles. The van der Waals surface area contributed by atoms with Gasteiger partial charge in [0.15, 0.2) is 0 Å². The number of hydrogen-bond acceptors (Lipinski definition) is 2. The maximum atomic E-state index is 12.2. The maximum Gasteiger partial charge on any atom is 0.310 e. The Balaban J connectivity index is 1.89. The van der Waals surface area contributed by atoms with Crippen molar-refractivity contribution in [2.24, 2.45) is 11.3 Å². The van der Waals surface area contributed by atoms with Gasteiger partial charge in [0, 0.05) is 12.5 Å². The largest absolute Gasteiger partial charge is 0.481 e. The van der Waals surface area contributed by atoms with E-state index in [0.29, 0.717) is 12.8 Å². The number of carbonyl (C=O) groups excluding carboxylic acids is 1. The van der Waals surface area contributed by atoms with Crippen LogP contribution in [0.1, 0.15) is 71.1 Å². The van der Waals surface area contributed by atoms with Crippen molar-refractivity contribution in [3.8, 4) is 0 Å². The van der Waals surface area contributed by atoms with E-state index in [9.17, 15) is 14.7 Å². The zero-order valence-corrected chi connectivity index (χ0v) is 12.5. The number of carboxylic acid groups (broad SMARTS) is 1. The van der Waals surface area contributed by atoms with Crippen LogP contribution in [0.5, 0.6) is 0 Å². The van der Waals surface area contributed by atoms with Crippen LogP contribution in [-0.4, -0.2) is 23.0 Å². The van der Waals surface area contributed by atoms with E-state index in [1.165, 1.54) is 12.8 Å². The Morgan fingerprint density at radius 2 is 1.80 bits per heavy atom. The lowest BCUT2D eigenvalue weighted by molar-refractivity contribution is -0.153. The summed E-state index contributed by atoms with van der Waals surface area (Å²) in [7, 11) is 0. The molecule has 0 aromatic carbocycles. The van der Waals surface area contributed by atoms with E-state index in [-0.39, 0.29) is 18.4 Å². The van der Waals surface area contributed by atoms with Gasteiger partial charge in [-0.25, -0.2) is 0 Å². The van der Waals surface area contributed by atoms with Gasteiger partial charge in [-0.05, 0) is 32.1 Å². The maximum absolute atomic E-state index is 12.2. The zero-order valence-electron chi connectivity index (χ0n) is 12.5. The number of aliphatic carboxylic acids is 1. The minimum atomic E-state index is -0.820. The van der Waals surface area contributed by atoms with Gasteiger partial charge < -0.3 is 10.4 Å². The van der Waals surface area contributed by atoms with E-state index < -0.39 is 11.4 Å². The Morgan fingerprint density at radius 1 is 1.20 bits per heavy atom. The van der Waals surface area contributed by atoms with Crippen molar-refractivity contribution in [2.45, 2.75) is 77.2 Å². The molecular formula is C16H27NO3. The summed E-state index contributed by atoms with van der Waals surface area (Å²) < 4.78 is 0. The standard InChI is InChI=1S/C16H27NO3/c1-12(10-13-6-7-13)17-14(18)11-16(15(19)20)8-4-2-3-5-9-16/h12-13H,2-11H2,1H3,(H,17,18)(H,19,20). The highest BCUT2D eigenvalue weighted by molar-refractivity contribution is 5.85. The van der Waals surface area contributed by atoms with Gasteiger partial charge in [-0.1, -0.05) is 38.5 Å². The summed E-state index contributed by atoms with van der Waals surface area (Å²) in [6.07, 6.45) is 9.07. The molecule has 0 spiro atoms. The quantitative estimate of drug-likeness (QED) is 0.735. The van der Waals surface area contributed by atoms with Crippen LogP contribution in [0.2, 0.25) is 0 Å². The third-order valence-corrected chi connectivity index (χ3v) is 4.80. The Labute approximate surface area is 121 Å². The lowest BCUT2D eigenvalue weighted by atomic mass is 9.77. The normalized spacial score (nSPS) is 23.6. The number of rotatable bonds is 6. The molecule has 0 bridgehead atoms. The first-order chi connectivity index (χ1) is 9.52. The van der Waals surface area contributed by atoms with Crippen LogP contribution in [0, 0.1) is 11.3 Å². The monoisotopic (exact) mass is 281 g/mol. The molecule has 2 rings (SSSR count). The van der Waals surface area contributed by atoms with Crippen molar-refractivity contribution in [3.05, 3.63) is 0 Å². The smallest absolute Gasteiger partial charge is 0.310 e. The van der Waals surface area contributed by atoms with Gasteiger partial charge in [0.1, 0.15) is 0 Å². The number of amides is 1. The van der Waals surface area contributed by atoms with E-state index in [0.717, 1.165) is 38.0 Å². The van der Waals surface area contributed by atoms with E-state index in [2.05, 4.69) is 5.32 Å². The van der Waals surface area contributed by atoms with E-state index >= 15 is 0 Å². The molecule has 2 saturated carbocycles. The summed E-state index contributed by atoms with van der Waals surface area (Å²) in [4.78, 5) is 23.8. The van der Waals surface area contributed by atoms with Crippen molar-refractivity contribution < 1.29 is 14.7 Å². The molecule has 114 valence electrons. The lowest BCUT2D eigenvalue weighted by Gasteiger charge is -2.28. The Kier molecular flexibility index (Phi) is 5.06. The molecule has 4 heteroatoms. The van der Waals surface area contributed by atoms with Crippen LogP contribution in [0.15, 0.2) is 0 Å². The molecule has 2 N–H and O–H groups in total. The summed E-state index contributed by atoms with van der Waals surface area (Å²) in [6.45, 7) is 2.02. The number of hydrogen-bond donors (Lipinski definition) is 2. The van der Waals surface area contributed by atoms with Gasteiger partial charge in [0.2, 0.25) is 5.91 Å². The van der Waals surface area contributed by atoms with Crippen LogP contribution >= 0.6 is 0 Å². The SMILES string of the molecule is CC(CC1CC1)NC(=O)CC1(C(=O)O)CCCCCC1. The molecule has 0 radical (unpaired) electrons. The molecule has 2 aliphatic carbocycles. The predicted molar refractivity (Wildman–Crippen MR) is 77.3 cm³/mol. The van der Waals surface area contributed by atoms with Crippen LogP contribution in [-0.2, 0) is 9.59 Å². The second-order valence-corrected chi connectivity index (χ2v) is 6.82. The molecule has 2 fully saturated rings. The van der Waals surface area contributed by atoms with Crippen molar-refractivity contribution in [3.63, 3.8) is 0 Å². The highest BCUT2D eigenvalue weighted by atomic mass is 16.4. The van der Waals surface area contributed by atoms with Crippen LogP contribution in [0.3, 0.4) is 0 Å². The number of nitrogens with one attached hydrogen (secondary N) is 1. The zero-order chi connectivity index (χ0) is 14.6. The summed E-state index contributed by atoms with van der Waals surface area (Å²) in [5, 5.41) is 12.6. The summed E-state index contributed by atoms with van der Waals surface area (Å²) in [5.74, 6) is -0.0940. The van der Waals surface area contributed by atoms with Gasteiger partial charge in [-0.15, -0.1) is 0 Å². The molecular weight excluding hydrogens is 254 g/mol. The van der Waals surface area contributed by atoms with Crippen molar-refractivity contribution in [1.29, 1.82) is 0 Å². The molecule has 0 heterocycles. The van der Waals surface area contributed by atoms with Gasteiger partial charge in [0.05, 0.1) is 5.41 Å². The molecule has 0 aromatic rings. The van der Waals surface area contributed by atoms with Crippen LogP contribution < -0.4 is 5.32 Å². The predicted octanol–water partition coefficient (Wildman–Crippen LogP) is 3.11. The van der Waals surface area contributed by atoms with E-state index in [4.69, 9.17) is 0 Å². The van der Waals surface area contributed by atoms with Crippen molar-refractivity contribution >= 4 is 11.9 Å². The van der Waals surface area contributed by atoms with Gasteiger partial charge in [-0.2, -0.15) is 0 Å². The fourth-order valence-corrected chi connectivity index (χ4v) is 3.42. The molecule has 1 amide bonds. The first-order valence-electron chi connectivity index (χ1n) is 8.05. The third-order valence-electron chi connectivity index (χ3n) is 4.80. The van der Waals surface area contributed by atoms with Crippen molar-refractivity contribution in [1.82, 2.24) is 5.32 Å². The number of carboxylic acids is 1. The van der Waals surface area contributed by atoms with Gasteiger partial charge in [0.25, 0.3) is 0 Å². The first kappa shape index (κ1) is 15.3.